The van der Waals surface area contributed by atoms with E-state index in [1.807, 2.05) is 43.3 Å². The number of benzene rings is 3. The van der Waals surface area contributed by atoms with Gasteiger partial charge in [0.1, 0.15) is 10.7 Å². The van der Waals surface area contributed by atoms with E-state index in [4.69, 9.17) is 4.98 Å². The molecular weight excluding hydrogens is 487 g/mol. The molecule has 2 amide bonds. The lowest BCUT2D eigenvalue weighted by Crippen LogP contribution is -2.25. The molecule has 1 fully saturated rings. The van der Waals surface area contributed by atoms with Gasteiger partial charge in [-0.05, 0) is 73.7 Å². The molecule has 3 N–H and O–H groups in total. The summed E-state index contributed by atoms with van der Waals surface area (Å²) in [5, 5.41) is 9.77. The van der Waals surface area contributed by atoms with Gasteiger partial charge in [-0.15, -0.1) is 0 Å². The van der Waals surface area contributed by atoms with E-state index >= 15 is 0 Å². The van der Waals surface area contributed by atoms with Crippen molar-refractivity contribution in [2.75, 3.05) is 5.32 Å². The van der Waals surface area contributed by atoms with Crippen LogP contribution in [0.25, 0.3) is 11.3 Å². The number of nitrogens with one attached hydrogen (secondary N) is 3. The molecule has 37 heavy (non-hydrogen) atoms. The molecule has 1 aromatic heterocycles. The molecule has 0 radical (unpaired) electrons. The van der Waals surface area contributed by atoms with Gasteiger partial charge in [-0.25, -0.2) is 9.37 Å². The summed E-state index contributed by atoms with van der Waals surface area (Å²) in [7, 11) is 0. The Morgan fingerprint density at radius 2 is 1.76 bits per heavy atom. The molecular formula is C29H27FN4O2S. The molecule has 1 saturated carbocycles. The Morgan fingerprint density at radius 3 is 2.49 bits per heavy atom. The topological polar surface area (TPSA) is 83.1 Å². The van der Waals surface area contributed by atoms with E-state index in [0.29, 0.717) is 38.9 Å². The van der Waals surface area contributed by atoms with Crippen LogP contribution < -0.4 is 16.0 Å². The second kappa shape index (κ2) is 10.5. The summed E-state index contributed by atoms with van der Waals surface area (Å²) in [4.78, 5) is 31.0. The van der Waals surface area contributed by atoms with Crippen LogP contribution in [-0.2, 0) is 6.54 Å². The molecule has 8 heteroatoms. The molecule has 3 aromatic carbocycles. The molecule has 6 nitrogen and oxygen atoms in total. The number of aryl methyl sites for hydroxylation is 2. The van der Waals surface area contributed by atoms with E-state index in [1.54, 1.807) is 31.2 Å². The fourth-order valence-electron chi connectivity index (χ4n) is 3.88. The molecule has 5 rings (SSSR count). The van der Waals surface area contributed by atoms with Crippen LogP contribution in [0.15, 0.2) is 66.7 Å². The minimum absolute atomic E-state index is 0.104. The number of carbonyl (C=O) groups is 2. The van der Waals surface area contributed by atoms with Gasteiger partial charge in [0.25, 0.3) is 11.8 Å². The maximum absolute atomic E-state index is 14.0. The zero-order valence-electron chi connectivity index (χ0n) is 20.6. The molecule has 0 atom stereocenters. The van der Waals surface area contributed by atoms with Gasteiger partial charge in [0.15, 0.2) is 5.13 Å². The van der Waals surface area contributed by atoms with Crippen molar-refractivity contribution < 1.29 is 14.0 Å². The minimum atomic E-state index is -0.315. The highest BCUT2D eigenvalue weighted by Crippen LogP contribution is 2.34. The van der Waals surface area contributed by atoms with Crippen molar-refractivity contribution in [3.8, 4) is 11.3 Å². The van der Waals surface area contributed by atoms with Crippen LogP contribution in [-0.4, -0.2) is 22.8 Å². The zero-order chi connectivity index (χ0) is 25.9. The van der Waals surface area contributed by atoms with Gasteiger partial charge >= 0.3 is 0 Å². The highest BCUT2D eigenvalue weighted by atomic mass is 32.1. The minimum Gasteiger partial charge on any atom is -0.349 e. The van der Waals surface area contributed by atoms with Crippen LogP contribution in [0.4, 0.5) is 15.2 Å². The smallest absolute Gasteiger partial charge is 0.264 e. The van der Waals surface area contributed by atoms with E-state index in [-0.39, 0.29) is 23.7 Å². The summed E-state index contributed by atoms with van der Waals surface area (Å²) in [6.07, 6.45) is 2.03. The Labute approximate surface area is 219 Å². The predicted molar refractivity (Wildman–Crippen MR) is 145 cm³/mol. The van der Waals surface area contributed by atoms with Crippen molar-refractivity contribution in [1.82, 2.24) is 15.6 Å². The normalized spacial score (nSPS) is 12.7. The standard InChI is InChI=1S/C29H27FN4O2S/c1-17-8-9-21(27(35)32-22-11-12-22)15-24(17)33-29-34-25(20-10-13-23(30)18(2)14-20)26(37-29)28(36)31-16-19-6-4-3-5-7-19/h3-10,13-15,22H,11-12,16H2,1-2H3,(H,31,36)(H,32,35)(H,33,34). The van der Waals surface area contributed by atoms with Crippen molar-refractivity contribution in [2.24, 2.45) is 0 Å². The first kappa shape index (κ1) is 24.6. The highest BCUT2D eigenvalue weighted by molar-refractivity contribution is 7.18. The average molecular weight is 515 g/mol. The van der Waals surface area contributed by atoms with Crippen LogP contribution in [0.3, 0.4) is 0 Å². The third kappa shape index (κ3) is 5.86. The zero-order valence-corrected chi connectivity index (χ0v) is 21.4. The number of nitrogens with zero attached hydrogens (tertiary/aromatic N) is 1. The monoisotopic (exact) mass is 514 g/mol. The molecule has 188 valence electrons. The quantitative estimate of drug-likeness (QED) is 0.264. The number of aromatic nitrogens is 1. The summed E-state index contributed by atoms with van der Waals surface area (Å²) in [6, 6.07) is 20.1. The Balaban J connectivity index is 1.44. The van der Waals surface area contributed by atoms with Crippen molar-refractivity contribution in [3.05, 3.63) is 99.7 Å². The molecule has 4 aromatic rings. The Morgan fingerprint density at radius 1 is 0.973 bits per heavy atom. The first-order valence-electron chi connectivity index (χ1n) is 12.2. The number of thiazole rings is 1. The number of carbonyl (C=O) groups excluding carboxylic acids is 2. The lowest BCUT2D eigenvalue weighted by Gasteiger charge is -2.10. The fourth-order valence-corrected chi connectivity index (χ4v) is 4.80. The SMILES string of the molecule is Cc1cc(-c2nc(Nc3cc(C(=O)NC4CC4)ccc3C)sc2C(=O)NCc2ccccc2)ccc1F. The number of anilines is 2. The van der Waals surface area contributed by atoms with E-state index < -0.39 is 0 Å². The van der Waals surface area contributed by atoms with Crippen LogP contribution in [0, 0.1) is 19.7 Å². The first-order valence-corrected chi connectivity index (χ1v) is 13.0. The third-order valence-corrected chi connectivity index (χ3v) is 7.18. The lowest BCUT2D eigenvalue weighted by atomic mass is 10.1. The molecule has 0 unspecified atom stereocenters. The number of hydrogen-bond donors (Lipinski definition) is 3. The maximum atomic E-state index is 14.0. The van der Waals surface area contributed by atoms with Crippen LogP contribution in [0.5, 0.6) is 0 Å². The van der Waals surface area contributed by atoms with Gasteiger partial charge < -0.3 is 16.0 Å². The van der Waals surface area contributed by atoms with E-state index in [1.165, 1.54) is 17.4 Å². The highest BCUT2D eigenvalue weighted by Gasteiger charge is 2.24. The van der Waals surface area contributed by atoms with Gasteiger partial charge in [-0.2, -0.15) is 0 Å². The van der Waals surface area contributed by atoms with Gasteiger partial charge in [-0.1, -0.05) is 47.7 Å². The predicted octanol–water partition coefficient (Wildman–Crippen LogP) is 6.13. The molecule has 0 aliphatic heterocycles. The number of halogens is 1. The van der Waals surface area contributed by atoms with Gasteiger partial charge in [0.05, 0.1) is 5.69 Å². The summed E-state index contributed by atoms with van der Waals surface area (Å²) in [6.45, 7) is 4.00. The van der Waals surface area contributed by atoms with E-state index in [9.17, 15) is 14.0 Å². The Bertz CT molecular complexity index is 1460. The van der Waals surface area contributed by atoms with Crippen LogP contribution in [0.2, 0.25) is 0 Å². The largest absolute Gasteiger partial charge is 0.349 e. The first-order chi connectivity index (χ1) is 17.9. The molecule has 1 aliphatic carbocycles. The number of hydrogen-bond acceptors (Lipinski definition) is 5. The Hall–Kier alpha value is -4.04. The summed E-state index contributed by atoms with van der Waals surface area (Å²) >= 11 is 1.22. The molecule has 0 saturated heterocycles. The van der Waals surface area contributed by atoms with Crippen molar-refractivity contribution in [1.29, 1.82) is 0 Å². The maximum Gasteiger partial charge on any atom is 0.264 e. The Kier molecular flexibility index (Phi) is 7.01. The van der Waals surface area contributed by atoms with Crippen molar-refractivity contribution in [3.63, 3.8) is 0 Å². The average Bonchev–Trinajstić information content (AvgIpc) is 3.62. The second-order valence-electron chi connectivity index (χ2n) is 9.23. The fraction of sp³-hybridized carbons (Fsp3) is 0.207. The summed E-state index contributed by atoms with van der Waals surface area (Å²) in [5.41, 5.74) is 4.81. The number of amides is 2. The summed E-state index contributed by atoms with van der Waals surface area (Å²) < 4.78 is 14.0. The van der Waals surface area contributed by atoms with Crippen LogP contribution in [0.1, 0.15) is 49.6 Å². The van der Waals surface area contributed by atoms with Gasteiger partial charge in [-0.3, -0.25) is 9.59 Å². The lowest BCUT2D eigenvalue weighted by molar-refractivity contribution is 0.0944. The molecule has 0 spiro atoms. The van der Waals surface area contributed by atoms with Crippen molar-refractivity contribution in [2.45, 2.75) is 39.3 Å². The van der Waals surface area contributed by atoms with Crippen LogP contribution >= 0.6 is 11.3 Å². The summed E-state index contributed by atoms with van der Waals surface area (Å²) in [5.74, 6) is -0.682. The van der Waals surface area contributed by atoms with Crippen molar-refractivity contribution >= 4 is 34.0 Å². The van der Waals surface area contributed by atoms with E-state index in [0.717, 1.165) is 29.7 Å². The number of rotatable bonds is 8. The third-order valence-electron chi connectivity index (χ3n) is 6.21. The van der Waals surface area contributed by atoms with Gasteiger partial charge in [0.2, 0.25) is 0 Å². The second-order valence-corrected chi connectivity index (χ2v) is 10.2. The molecule has 1 aliphatic rings. The van der Waals surface area contributed by atoms with Gasteiger partial charge in [0, 0.05) is 29.4 Å². The van der Waals surface area contributed by atoms with E-state index in [2.05, 4.69) is 16.0 Å². The molecule has 1 heterocycles. The molecule has 0 bridgehead atoms.